The molecule has 5 rings (SSSR count). The fourth-order valence-electron chi connectivity index (χ4n) is 4.87. The van der Waals surface area contributed by atoms with Gasteiger partial charge in [0.15, 0.2) is 0 Å². The number of anilines is 1. The number of hydrogen-bond donors (Lipinski definition) is 1. The Hall–Kier alpha value is -2.67. The number of halogens is 2. The molecule has 2 aromatic carbocycles. The van der Waals surface area contributed by atoms with E-state index in [1.807, 2.05) is 30.3 Å². The molecule has 7 heteroatoms. The molecule has 2 aromatic heterocycles. The summed E-state index contributed by atoms with van der Waals surface area (Å²) in [5, 5.41) is 4.39. The molecule has 4 aromatic rings. The minimum absolute atomic E-state index is 0.144. The molecule has 38 heavy (non-hydrogen) atoms. The molecular formula is C31H30BrClN2O2S. The van der Waals surface area contributed by atoms with E-state index in [1.165, 1.54) is 10.4 Å². The summed E-state index contributed by atoms with van der Waals surface area (Å²) >= 11 is 11.3. The number of benzene rings is 2. The lowest BCUT2D eigenvalue weighted by molar-refractivity contribution is 0.102. The van der Waals surface area contributed by atoms with Crippen molar-refractivity contribution in [3.05, 3.63) is 91.4 Å². The van der Waals surface area contributed by atoms with Crippen LogP contribution in [0.5, 0.6) is 0 Å². The highest BCUT2D eigenvalue weighted by molar-refractivity contribution is 9.10. The van der Waals surface area contributed by atoms with Gasteiger partial charge in [-0.3, -0.25) is 4.79 Å². The number of rotatable bonds is 5. The molecule has 1 aliphatic carbocycles. The van der Waals surface area contributed by atoms with E-state index < -0.39 is 0 Å². The van der Waals surface area contributed by atoms with E-state index in [0.717, 1.165) is 40.6 Å². The smallest absolute Gasteiger partial charge is 0.259 e. The number of furan rings is 1. The van der Waals surface area contributed by atoms with E-state index in [4.69, 9.17) is 21.0 Å². The standard InChI is InChI=1S/C31H30BrClN2O2S/c1-18-5-12-23(25(32)15-18)26-14-11-22(37-26)17-34-30-28(29(36)35-21-9-7-20(33)8-10-21)24-13-6-19(31(2,3)4)16-27(24)38-30/h5,7-12,14-15,17,19H,6,13,16H2,1-4H3,(H,35,36)/t19-/m0/s1. The van der Waals surface area contributed by atoms with Gasteiger partial charge >= 0.3 is 0 Å². The fraction of sp³-hybridized carbons (Fsp3) is 0.290. The molecule has 0 fully saturated rings. The number of nitrogens with one attached hydrogen (secondary N) is 1. The summed E-state index contributed by atoms with van der Waals surface area (Å²) in [4.78, 5) is 19.6. The zero-order valence-corrected chi connectivity index (χ0v) is 25.1. The fourth-order valence-corrected chi connectivity index (χ4v) is 6.96. The summed E-state index contributed by atoms with van der Waals surface area (Å²) in [6.07, 6.45) is 4.61. The molecule has 0 unspecified atom stereocenters. The number of carbonyl (C=O) groups is 1. The second-order valence-corrected chi connectivity index (χ2v) is 13.3. The summed E-state index contributed by atoms with van der Waals surface area (Å²) in [6.45, 7) is 8.94. The van der Waals surface area contributed by atoms with E-state index in [-0.39, 0.29) is 11.3 Å². The number of nitrogens with zero attached hydrogens (tertiary/aromatic N) is 1. The highest BCUT2D eigenvalue weighted by Gasteiger charge is 2.33. The molecule has 1 amide bonds. The third-order valence-corrected chi connectivity index (χ3v) is 9.20. The van der Waals surface area contributed by atoms with Crippen molar-refractivity contribution in [2.24, 2.45) is 16.3 Å². The third-order valence-electron chi connectivity index (χ3n) is 7.13. The Kier molecular flexibility index (Phi) is 7.67. The van der Waals surface area contributed by atoms with Gasteiger partial charge in [-0.05, 0) is 97.2 Å². The Morgan fingerprint density at radius 3 is 2.63 bits per heavy atom. The van der Waals surface area contributed by atoms with Gasteiger partial charge < -0.3 is 9.73 Å². The van der Waals surface area contributed by atoms with Crippen LogP contribution in [-0.4, -0.2) is 12.1 Å². The Bertz CT molecular complexity index is 1510. The second kappa shape index (κ2) is 10.8. The monoisotopic (exact) mass is 608 g/mol. The van der Waals surface area contributed by atoms with E-state index in [0.29, 0.717) is 33.0 Å². The first-order chi connectivity index (χ1) is 18.1. The Morgan fingerprint density at radius 2 is 1.92 bits per heavy atom. The second-order valence-electron chi connectivity index (χ2n) is 10.9. The molecule has 0 saturated heterocycles. The van der Waals surface area contributed by atoms with Crippen molar-refractivity contribution < 1.29 is 9.21 Å². The van der Waals surface area contributed by atoms with Crippen LogP contribution in [-0.2, 0) is 12.8 Å². The minimum Gasteiger partial charge on any atom is -0.455 e. The molecule has 1 atom stereocenters. The Morgan fingerprint density at radius 1 is 1.16 bits per heavy atom. The Labute approximate surface area is 241 Å². The quantitative estimate of drug-likeness (QED) is 0.229. The number of amides is 1. The lowest BCUT2D eigenvalue weighted by Gasteiger charge is -2.33. The first-order valence-corrected chi connectivity index (χ1v) is 14.7. The van der Waals surface area contributed by atoms with Crippen LogP contribution in [0.2, 0.25) is 5.02 Å². The van der Waals surface area contributed by atoms with Crippen LogP contribution in [0.3, 0.4) is 0 Å². The summed E-state index contributed by atoms with van der Waals surface area (Å²) in [7, 11) is 0. The van der Waals surface area contributed by atoms with Gasteiger partial charge in [0.1, 0.15) is 16.5 Å². The van der Waals surface area contributed by atoms with Crippen LogP contribution in [0.15, 0.2) is 68.5 Å². The molecule has 0 aliphatic heterocycles. The molecule has 4 nitrogen and oxygen atoms in total. The Balaban J connectivity index is 1.47. The van der Waals surface area contributed by atoms with Gasteiger partial charge in [0, 0.05) is 25.6 Å². The SMILES string of the molecule is Cc1ccc(-c2ccc(C=Nc3sc4c(c3C(=O)Nc3ccc(Cl)cc3)CC[C@H](C(C)(C)C)C4)o2)c(Br)c1. The molecular weight excluding hydrogens is 580 g/mol. The number of carbonyl (C=O) groups excluding carboxylic acids is 1. The lowest BCUT2D eigenvalue weighted by atomic mass is 9.72. The molecule has 2 heterocycles. The van der Waals surface area contributed by atoms with Crippen LogP contribution in [0, 0.1) is 18.3 Å². The molecule has 1 N–H and O–H groups in total. The average molecular weight is 610 g/mol. The topological polar surface area (TPSA) is 54.6 Å². The molecule has 0 spiro atoms. The van der Waals surface area contributed by atoms with Gasteiger partial charge in [0.2, 0.25) is 0 Å². The van der Waals surface area contributed by atoms with Crippen molar-refractivity contribution in [2.75, 3.05) is 5.32 Å². The summed E-state index contributed by atoms with van der Waals surface area (Å²) in [6, 6.07) is 17.2. The maximum Gasteiger partial charge on any atom is 0.259 e. The first kappa shape index (κ1) is 26.9. The number of fused-ring (bicyclic) bond motifs is 1. The maximum absolute atomic E-state index is 13.6. The highest BCUT2D eigenvalue weighted by atomic mass is 79.9. The highest BCUT2D eigenvalue weighted by Crippen LogP contribution is 2.45. The lowest BCUT2D eigenvalue weighted by Crippen LogP contribution is -2.27. The molecule has 0 bridgehead atoms. The molecule has 196 valence electrons. The van der Waals surface area contributed by atoms with Crippen molar-refractivity contribution in [1.82, 2.24) is 0 Å². The molecule has 0 saturated carbocycles. The van der Waals surface area contributed by atoms with Crippen LogP contribution >= 0.6 is 38.9 Å². The normalized spacial score (nSPS) is 15.6. The van der Waals surface area contributed by atoms with Gasteiger partial charge in [-0.1, -0.05) is 54.4 Å². The maximum atomic E-state index is 13.6. The van der Waals surface area contributed by atoms with Gasteiger partial charge in [0.05, 0.1) is 11.8 Å². The van der Waals surface area contributed by atoms with Crippen molar-refractivity contribution in [3.8, 4) is 11.3 Å². The summed E-state index contributed by atoms with van der Waals surface area (Å²) in [5.74, 6) is 1.82. The number of aryl methyl sites for hydroxylation is 1. The van der Waals surface area contributed by atoms with Crippen molar-refractivity contribution in [3.63, 3.8) is 0 Å². The van der Waals surface area contributed by atoms with E-state index in [1.54, 1.807) is 29.7 Å². The predicted molar refractivity (Wildman–Crippen MR) is 163 cm³/mol. The average Bonchev–Trinajstić information content (AvgIpc) is 3.47. The van der Waals surface area contributed by atoms with Crippen LogP contribution in [0.4, 0.5) is 10.7 Å². The van der Waals surface area contributed by atoms with Crippen LogP contribution in [0.25, 0.3) is 11.3 Å². The predicted octanol–water partition coefficient (Wildman–Crippen LogP) is 9.89. The van der Waals surface area contributed by atoms with E-state index in [2.05, 4.69) is 61.1 Å². The summed E-state index contributed by atoms with van der Waals surface area (Å²) in [5.41, 5.74) is 4.87. The van der Waals surface area contributed by atoms with Gasteiger partial charge in [-0.25, -0.2) is 4.99 Å². The van der Waals surface area contributed by atoms with Gasteiger partial charge in [-0.15, -0.1) is 11.3 Å². The van der Waals surface area contributed by atoms with Crippen molar-refractivity contribution in [1.29, 1.82) is 0 Å². The van der Waals surface area contributed by atoms with Gasteiger partial charge in [-0.2, -0.15) is 0 Å². The zero-order valence-electron chi connectivity index (χ0n) is 21.9. The van der Waals surface area contributed by atoms with Crippen LogP contribution < -0.4 is 5.32 Å². The first-order valence-electron chi connectivity index (χ1n) is 12.7. The number of thiophene rings is 1. The zero-order chi connectivity index (χ0) is 27.0. The number of hydrogen-bond acceptors (Lipinski definition) is 4. The largest absolute Gasteiger partial charge is 0.455 e. The molecule has 0 radical (unpaired) electrons. The van der Waals surface area contributed by atoms with E-state index >= 15 is 0 Å². The molecule has 1 aliphatic rings. The van der Waals surface area contributed by atoms with Gasteiger partial charge in [0.25, 0.3) is 5.91 Å². The van der Waals surface area contributed by atoms with Crippen molar-refractivity contribution >= 4 is 61.7 Å². The third kappa shape index (κ3) is 5.83. The number of aliphatic imine (C=N–C) groups is 1. The van der Waals surface area contributed by atoms with Crippen LogP contribution in [0.1, 0.15) is 59.3 Å². The van der Waals surface area contributed by atoms with E-state index in [9.17, 15) is 4.79 Å². The summed E-state index contributed by atoms with van der Waals surface area (Å²) < 4.78 is 7.08. The van der Waals surface area contributed by atoms with Crippen molar-refractivity contribution in [2.45, 2.75) is 47.0 Å². The minimum atomic E-state index is -0.144.